The van der Waals surface area contributed by atoms with E-state index in [0.29, 0.717) is 18.9 Å². The van der Waals surface area contributed by atoms with Crippen LogP contribution in [0, 0.1) is 0 Å². The van der Waals surface area contributed by atoms with E-state index in [4.69, 9.17) is 21.1 Å². The molecule has 6 heteroatoms. The van der Waals surface area contributed by atoms with E-state index in [2.05, 4.69) is 6.92 Å². The monoisotopic (exact) mass is 349 g/mol. The summed E-state index contributed by atoms with van der Waals surface area (Å²) in [6, 6.07) is -0.650. The third-order valence-electron chi connectivity index (χ3n) is 3.71. The first kappa shape index (κ1) is 22.0. The molecule has 1 atom stereocenters. The Morgan fingerprint density at radius 3 is 2.13 bits per heavy atom. The second-order valence-electron chi connectivity index (χ2n) is 5.73. The Kier molecular flexibility index (Phi) is 14.0. The van der Waals surface area contributed by atoms with E-state index in [1.54, 1.807) is 6.92 Å². The lowest BCUT2D eigenvalue weighted by molar-refractivity contribution is -0.148. The van der Waals surface area contributed by atoms with Gasteiger partial charge in [0.1, 0.15) is 6.04 Å². The fourth-order valence-electron chi connectivity index (χ4n) is 1.98. The number of ether oxygens (including phenoxy) is 2. The Balaban J connectivity index is 3.77. The van der Waals surface area contributed by atoms with Gasteiger partial charge in [0.25, 0.3) is 0 Å². The van der Waals surface area contributed by atoms with Crippen LogP contribution in [0.15, 0.2) is 0 Å². The molecule has 0 aromatic rings. The second-order valence-corrected chi connectivity index (χ2v) is 6.11. The number of carbonyl (C=O) groups is 2. The summed E-state index contributed by atoms with van der Waals surface area (Å²) in [5.74, 6) is 0.0420. The maximum absolute atomic E-state index is 11.9. The van der Waals surface area contributed by atoms with E-state index in [0.717, 1.165) is 12.8 Å². The average molecular weight is 350 g/mol. The molecule has 0 aliphatic rings. The minimum absolute atomic E-state index is 0.256. The van der Waals surface area contributed by atoms with E-state index in [-0.39, 0.29) is 6.61 Å². The number of halogens is 1. The predicted molar refractivity (Wildman–Crippen MR) is 92.9 cm³/mol. The number of rotatable bonds is 13. The van der Waals surface area contributed by atoms with Gasteiger partial charge in [0.15, 0.2) is 0 Å². The van der Waals surface area contributed by atoms with Crippen molar-refractivity contribution < 1.29 is 19.1 Å². The van der Waals surface area contributed by atoms with Crippen molar-refractivity contribution in [3.8, 4) is 0 Å². The number of likely N-dealkylation sites (N-methyl/N-ethyl adjacent to an activating group) is 1. The normalized spacial score (nSPS) is 11.8. The molecule has 1 unspecified atom stereocenters. The number of hydrogen-bond donors (Lipinski definition) is 0. The first-order valence-corrected chi connectivity index (χ1v) is 9.20. The van der Waals surface area contributed by atoms with Crippen molar-refractivity contribution in [3.63, 3.8) is 0 Å². The summed E-state index contributed by atoms with van der Waals surface area (Å²) >= 11 is 5.52. The molecule has 23 heavy (non-hydrogen) atoms. The smallest absolute Gasteiger partial charge is 0.410 e. The molecule has 0 aliphatic carbocycles. The highest BCUT2D eigenvalue weighted by Crippen LogP contribution is 2.08. The summed E-state index contributed by atoms with van der Waals surface area (Å²) in [5, 5.41) is 0. The van der Waals surface area contributed by atoms with Gasteiger partial charge in [0.2, 0.25) is 0 Å². The van der Waals surface area contributed by atoms with Crippen molar-refractivity contribution in [2.75, 3.05) is 26.1 Å². The number of esters is 1. The molecule has 0 fully saturated rings. The van der Waals surface area contributed by atoms with Crippen LogP contribution in [-0.2, 0) is 14.3 Å². The summed E-state index contributed by atoms with van der Waals surface area (Å²) in [6.07, 6.45) is 8.25. The van der Waals surface area contributed by atoms with Gasteiger partial charge in [-0.15, -0.1) is 11.6 Å². The summed E-state index contributed by atoms with van der Waals surface area (Å²) < 4.78 is 10.2. The van der Waals surface area contributed by atoms with Crippen molar-refractivity contribution in [1.29, 1.82) is 0 Å². The average Bonchev–Trinajstić information content (AvgIpc) is 2.55. The fourth-order valence-corrected chi connectivity index (χ4v) is 2.09. The standard InChI is InChI=1S/C17H32ClNO4/c1-4-5-6-7-8-9-10-13-22-16(20)15(2)19(3)17(21)23-14-11-12-18/h15H,4-14H2,1-3H3. The Labute approximate surface area is 145 Å². The number of amides is 1. The van der Waals surface area contributed by atoms with Gasteiger partial charge in [-0.25, -0.2) is 9.59 Å². The largest absolute Gasteiger partial charge is 0.464 e. The Hall–Kier alpha value is -0.970. The molecule has 0 rings (SSSR count). The fraction of sp³-hybridized carbons (Fsp3) is 0.882. The van der Waals surface area contributed by atoms with Gasteiger partial charge in [0.05, 0.1) is 13.2 Å². The van der Waals surface area contributed by atoms with Gasteiger partial charge in [-0.1, -0.05) is 45.4 Å². The lowest BCUT2D eigenvalue weighted by Gasteiger charge is -2.22. The summed E-state index contributed by atoms with van der Waals surface area (Å²) in [5.41, 5.74) is 0. The van der Waals surface area contributed by atoms with Crippen LogP contribution in [0.2, 0.25) is 0 Å². The van der Waals surface area contributed by atoms with E-state index in [9.17, 15) is 9.59 Å². The summed E-state index contributed by atoms with van der Waals surface area (Å²) in [6.45, 7) is 4.50. The molecular weight excluding hydrogens is 318 g/mol. The molecule has 0 saturated heterocycles. The zero-order chi connectivity index (χ0) is 17.5. The van der Waals surface area contributed by atoms with Gasteiger partial charge >= 0.3 is 12.1 Å². The highest BCUT2D eigenvalue weighted by Gasteiger charge is 2.24. The first-order valence-electron chi connectivity index (χ1n) is 8.66. The SMILES string of the molecule is CCCCCCCCCOC(=O)C(C)N(C)C(=O)OCCCCl. The third kappa shape index (κ3) is 11.2. The van der Waals surface area contributed by atoms with Crippen LogP contribution >= 0.6 is 11.6 Å². The maximum Gasteiger partial charge on any atom is 0.410 e. The number of alkyl halides is 1. The summed E-state index contributed by atoms with van der Waals surface area (Å²) in [7, 11) is 1.53. The van der Waals surface area contributed by atoms with Crippen LogP contribution < -0.4 is 0 Å². The van der Waals surface area contributed by atoms with Crippen molar-refractivity contribution in [3.05, 3.63) is 0 Å². The molecule has 136 valence electrons. The van der Waals surface area contributed by atoms with Crippen molar-refractivity contribution in [2.45, 2.75) is 71.3 Å². The van der Waals surface area contributed by atoms with E-state index < -0.39 is 18.1 Å². The van der Waals surface area contributed by atoms with Crippen molar-refractivity contribution in [1.82, 2.24) is 4.90 Å². The predicted octanol–water partition coefficient (Wildman–Crippen LogP) is 4.37. The van der Waals surface area contributed by atoms with E-state index in [1.165, 1.54) is 44.1 Å². The number of unbranched alkanes of at least 4 members (excludes halogenated alkanes) is 6. The van der Waals surface area contributed by atoms with Crippen LogP contribution in [0.3, 0.4) is 0 Å². The van der Waals surface area contributed by atoms with Gasteiger partial charge in [-0.2, -0.15) is 0 Å². The molecule has 0 aliphatic heterocycles. The molecule has 1 amide bonds. The van der Waals surface area contributed by atoms with Crippen LogP contribution in [0.25, 0.3) is 0 Å². The molecule has 0 N–H and O–H groups in total. The minimum atomic E-state index is -0.650. The van der Waals surface area contributed by atoms with Crippen LogP contribution in [-0.4, -0.2) is 49.1 Å². The van der Waals surface area contributed by atoms with Crippen molar-refractivity contribution >= 4 is 23.7 Å². The Morgan fingerprint density at radius 1 is 0.957 bits per heavy atom. The zero-order valence-electron chi connectivity index (χ0n) is 14.8. The maximum atomic E-state index is 11.9. The van der Waals surface area contributed by atoms with Crippen LogP contribution in [0.5, 0.6) is 0 Å². The van der Waals surface area contributed by atoms with Gasteiger partial charge in [0, 0.05) is 12.9 Å². The number of hydrogen-bond acceptors (Lipinski definition) is 4. The lowest BCUT2D eigenvalue weighted by atomic mass is 10.1. The first-order chi connectivity index (χ1) is 11.0. The topological polar surface area (TPSA) is 55.8 Å². The second kappa shape index (κ2) is 14.6. The number of carbonyl (C=O) groups excluding carboxylic acids is 2. The molecule has 0 bridgehead atoms. The van der Waals surface area contributed by atoms with Crippen LogP contribution in [0.1, 0.15) is 65.2 Å². The lowest BCUT2D eigenvalue weighted by Crippen LogP contribution is -2.41. The van der Waals surface area contributed by atoms with Crippen molar-refractivity contribution in [2.24, 2.45) is 0 Å². The molecule has 0 aromatic heterocycles. The molecule has 0 saturated carbocycles. The van der Waals surface area contributed by atoms with Crippen LogP contribution in [0.4, 0.5) is 4.79 Å². The quantitative estimate of drug-likeness (QED) is 0.281. The Morgan fingerprint density at radius 2 is 1.52 bits per heavy atom. The highest BCUT2D eigenvalue weighted by molar-refractivity contribution is 6.17. The van der Waals surface area contributed by atoms with Gasteiger partial charge in [-0.3, -0.25) is 4.90 Å². The molecule has 5 nitrogen and oxygen atoms in total. The number of nitrogens with zero attached hydrogens (tertiary/aromatic N) is 1. The highest BCUT2D eigenvalue weighted by atomic mass is 35.5. The molecular formula is C17H32ClNO4. The molecule has 0 radical (unpaired) electrons. The Bertz CT molecular complexity index is 326. The van der Waals surface area contributed by atoms with Gasteiger partial charge in [-0.05, 0) is 19.8 Å². The van der Waals surface area contributed by atoms with E-state index in [1.807, 2.05) is 0 Å². The zero-order valence-corrected chi connectivity index (χ0v) is 15.6. The van der Waals surface area contributed by atoms with Gasteiger partial charge < -0.3 is 9.47 Å². The van der Waals surface area contributed by atoms with E-state index >= 15 is 0 Å². The third-order valence-corrected chi connectivity index (χ3v) is 3.97. The molecule has 0 spiro atoms. The summed E-state index contributed by atoms with van der Waals surface area (Å²) in [4.78, 5) is 24.9. The molecule has 0 heterocycles. The minimum Gasteiger partial charge on any atom is -0.464 e. The molecule has 0 aromatic carbocycles.